The predicted molar refractivity (Wildman–Crippen MR) is 82.3 cm³/mol. The minimum Gasteiger partial charge on any atom is -0.258 e. The van der Waals surface area contributed by atoms with E-state index >= 15 is 0 Å². The summed E-state index contributed by atoms with van der Waals surface area (Å²) in [6.45, 7) is 0. The third kappa shape index (κ3) is 2.57. The van der Waals surface area contributed by atoms with E-state index in [1.165, 1.54) is 22.6 Å². The molecule has 2 aliphatic heterocycles. The van der Waals surface area contributed by atoms with Crippen molar-refractivity contribution in [2.75, 3.05) is 23.0 Å². The Bertz CT molecular complexity index is 428. The first-order valence-corrected chi connectivity index (χ1v) is 10.2. The van der Waals surface area contributed by atoms with Crippen molar-refractivity contribution < 1.29 is 4.21 Å². The molecule has 0 N–H and O–H groups in total. The Morgan fingerprint density at radius 2 is 1.71 bits per heavy atom. The van der Waals surface area contributed by atoms with Gasteiger partial charge in [0.2, 0.25) is 0 Å². The molecular weight excluding hydrogens is 288 g/mol. The van der Waals surface area contributed by atoms with Gasteiger partial charge < -0.3 is 0 Å². The maximum atomic E-state index is 12.0. The lowest BCUT2D eigenvalue weighted by molar-refractivity contribution is 0.684. The Balaban J connectivity index is 1.95. The predicted octanol–water partition coefficient (Wildman–Crippen LogP) is 3.66. The molecule has 1 aromatic carbocycles. The largest absolute Gasteiger partial charge is 0.258 e. The first-order valence-electron chi connectivity index (χ1n) is 5.67. The molecule has 2 fully saturated rings. The lowest BCUT2D eigenvalue weighted by Gasteiger charge is -2.17. The summed E-state index contributed by atoms with van der Waals surface area (Å²) in [6, 6.07) is 8.59. The highest BCUT2D eigenvalue weighted by Crippen LogP contribution is 2.50. The van der Waals surface area contributed by atoms with E-state index in [0.29, 0.717) is 4.58 Å². The van der Waals surface area contributed by atoms with Crippen LogP contribution in [0.4, 0.5) is 0 Å². The molecule has 0 bridgehead atoms. The highest BCUT2D eigenvalue weighted by atomic mass is 32.2. The summed E-state index contributed by atoms with van der Waals surface area (Å²) in [4.78, 5) is 0. The van der Waals surface area contributed by atoms with Crippen LogP contribution in [0, 0.1) is 0 Å². The Morgan fingerprint density at radius 1 is 1.00 bits per heavy atom. The monoisotopic (exact) mass is 302 g/mol. The molecule has 17 heavy (non-hydrogen) atoms. The van der Waals surface area contributed by atoms with Crippen LogP contribution in [0.15, 0.2) is 24.3 Å². The van der Waals surface area contributed by atoms with E-state index < -0.39 is 10.8 Å². The average Bonchev–Trinajstić information content (AvgIpc) is 3.00. The lowest BCUT2D eigenvalue weighted by Crippen LogP contribution is -2.03. The normalized spacial score (nSPS) is 29.9. The maximum absolute atomic E-state index is 12.0. The summed E-state index contributed by atoms with van der Waals surface area (Å²) >= 11 is 5.91. The summed E-state index contributed by atoms with van der Waals surface area (Å²) in [6.07, 6.45) is 0. The van der Waals surface area contributed by atoms with E-state index in [9.17, 15) is 4.21 Å². The summed E-state index contributed by atoms with van der Waals surface area (Å²) in [5.41, 5.74) is 2.73. The maximum Gasteiger partial charge on any atom is 0.105 e. The topological polar surface area (TPSA) is 17.1 Å². The molecule has 0 radical (unpaired) electrons. The molecule has 2 saturated heterocycles. The van der Waals surface area contributed by atoms with Crippen molar-refractivity contribution in [2.45, 2.75) is 9.16 Å². The van der Waals surface area contributed by atoms with Gasteiger partial charge in [-0.25, -0.2) is 0 Å². The smallest absolute Gasteiger partial charge is 0.105 e. The third-order valence-electron chi connectivity index (χ3n) is 2.92. The molecule has 2 aliphatic rings. The van der Waals surface area contributed by atoms with Gasteiger partial charge in [0.25, 0.3) is 0 Å². The van der Waals surface area contributed by atoms with Gasteiger partial charge in [-0.05, 0) is 11.1 Å². The molecule has 2 atom stereocenters. The van der Waals surface area contributed by atoms with Crippen LogP contribution in [0.3, 0.4) is 0 Å². The molecule has 0 amide bonds. The standard InChI is InChI=1S/C12H14OS4/c13-17-8-7-16-12(17)10-4-2-1-3-9(10)11-14-5-6-15-11/h1-4,11-12H,5-8H2. The van der Waals surface area contributed by atoms with Crippen LogP contribution in [0.1, 0.15) is 20.3 Å². The van der Waals surface area contributed by atoms with Gasteiger partial charge in [0.15, 0.2) is 0 Å². The fraction of sp³-hybridized carbons (Fsp3) is 0.500. The second-order valence-corrected chi connectivity index (χ2v) is 9.87. The average molecular weight is 303 g/mol. The molecule has 0 aliphatic carbocycles. The van der Waals surface area contributed by atoms with Crippen molar-refractivity contribution in [1.82, 2.24) is 0 Å². The van der Waals surface area contributed by atoms with Crippen molar-refractivity contribution in [3.8, 4) is 0 Å². The summed E-state index contributed by atoms with van der Waals surface area (Å²) < 4.78 is 12.8. The van der Waals surface area contributed by atoms with Crippen molar-refractivity contribution in [3.05, 3.63) is 35.4 Å². The molecular formula is C12H14OS4. The van der Waals surface area contributed by atoms with Gasteiger partial charge in [-0.3, -0.25) is 4.21 Å². The zero-order valence-electron chi connectivity index (χ0n) is 9.33. The zero-order chi connectivity index (χ0) is 11.7. The van der Waals surface area contributed by atoms with Gasteiger partial charge >= 0.3 is 0 Å². The third-order valence-corrected chi connectivity index (χ3v) is 9.63. The minimum absolute atomic E-state index is 0.216. The molecule has 1 aromatic rings. The number of benzene rings is 1. The SMILES string of the molecule is O=S1CCSC1c1ccccc1C1SCCS1. The molecule has 2 unspecified atom stereocenters. The number of hydrogen-bond donors (Lipinski definition) is 0. The quantitative estimate of drug-likeness (QED) is 0.829. The first kappa shape index (κ1) is 12.5. The summed E-state index contributed by atoms with van der Waals surface area (Å²) in [5, 5.41) is 0. The molecule has 2 heterocycles. The van der Waals surface area contributed by atoms with Crippen LogP contribution < -0.4 is 0 Å². The van der Waals surface area contributed by atoms with Crippen LogP contribution in [0.2, 0.25) is 0 Å². The Morgan fingerprint density at radius 3 is 2.35 bits per heavy atom. The second-order valence-electron chi connectivity index (χ2n) is 3.99. The van der Waals surface area contributed by atoms with E-state index in [0.717, 1.165) is 11.5 Å². The highest BCUT2D eigenvalue weighted by Gasteiger charge is 2.30. The molecule has 1 nitrogen and oxygen atoms in total. The second kappa shape index (κ2) is 5.59. The van der Waals surface area contributed by atoms with Crippen LogP contribution in [0.25, 0.3) is 0 Å². The van der Waals surface area contributed by atoms with Crippen molar-refractivity contribution >= 4 is 46.1 Å². The van der Waals surface area contributed by atoms with Gasteiger partial charge in [-0.2, -0.15) is 0 Å². The zero-order valence-corrected chi connectivity index (χ0v) is 12.6. The molecule has 0 saturated carbocycles. The van der Waals surface area contributed by atoms with E-state index in [-0.39, 0.29) is 4.58 Å². The van der Waals surface area contributed by atoms with Crippen LogP contribution in [0.5, 0.6) is 0 Å². The molecule has 92 valence electrons. The lowest BCUT2D eigenvalue weighted by atomic mass is 10.1. The summed E-state index contributed by atoms with van der Waals surface area (Å²) in [7, 11) is -0.678. The highest BCUT2D eigenvalue weighted by molar-refractivity contribution is 8.19. The van der Waals surface area contributed by atoms with E-state index in [2.05, 4.69) is 24.3 Å². The molecule has 5 heteroatoms. The number of rotatable bonds is 2. The Hall–Kier alpha value is 0.420. The first-order chi connectivity index (χ1) is 8.36. The van der Waals surface area contributed by atoms with Crippen molar-refractivity contribution in [2.24, 2.45) is 0 Å². The van der Waals surface area contributed by atoms with Gasteiger partial charge in [0.1, 0.15) is 4.58 Å². The molecule has 0 spiro atoms. The Kier molecular flexibility index (Phi) is 4.10. The van der Waals surface area contributed by atoms with E-state index in [1.54, 1.807) is 0 Å². The fourth-order valence-corrected chi connectivity index (χ4v) is 8.63. The molecule has 0 aromatic heterocycles. The summed E-state index contributed by atoms with van der Waals surface area (Å²) in [5.74, 6) is 4.38. The fourth-order valence-electron chi connectivity index (χ4n) is 2.13. The van der Waals surface area contributed by atoms with Gasteiger partial charge in [0, 0.05) is 33.8 Å². The number of hydrogen-bond acceptors (Lipinski definition) is 4. The Labute approximate surface area is 117 Å². The van der Waals surface area contributed by atoms with Gasteiger partial charge in [-0.1, -0.05) is 24.3 Å². The van der Waals surface area contributed by atoms with Crippen LogP contribution in [-0.4, -0.2) is 27.2 Å². The minimum atomic E-state index is -0.678. The molecule has 3 rings (SSSR count). The van der Waals surface area contributed by atoms with E-state index in [1.807, 2.05) is 35.3 Å². The van der Waals surface area contributed by atoms with Gasteiger partial charge in [0.05, 0.1) is 4.58 Å². The van der Waals surface area contributed by atoms with E-state index in [4.69, 9.17) is 0 Å². The van der Waals surface area contributed by atoms with Crippen LogP contribution in [-0.2, 0) is 10.8 Å². The number of thioether (sulfide) groups is 3. The van der Waals surface area contributed by atoms with Gasteiger partial charge in [-0.15, -0.1) is 35.3 Å². The van der Waals surface area contributed by atoms with Crippen LogP contribution >= 0.6 is 35.3 Å². The van der Waals surface area contributed by atoms with Crippen molar-refractivity contribution in [3.63, 3.8) is 0 Å². The van der Waals surface area contributed by atoms with Crippen molar-refractivity contribution in [1.29, 1.82) is 0 Å².